The van der Waals surface area contributed by atoms with Gasteiger partial charge in [0.1, 0.15) is 17.8 Å². The zero-order valence-electron chi connectivity index (χ0n) is 12.1. The molecule has 2 aromatic rings. The fraction of sp³-hybridized carbons (Fsp3) is 0.600. The highest BCUT2D eigenvalue weighted by atomic mass is 15.1. The normalized spacial score (nSPS) is 18.2. The molecule has 5 heteroatoms. The maximum Gasteiger partial charge on any atom is 0.142 e. The molecule has 2 N–H and O–H groups in total. The molecule has 1 aliphatic heterocycles. The minimum absolute atomic E-state index is 0.622. The first-order valence-corrected chi connectivity index (χ1v) is 7.57. The van der Waals surface area contributed by atoms with Crippen molar-refractivity contribution in [2.45, 2.75) is 26.2 Å². The van der Waals surface area contributed by atoms with E-state index in [4.69, 9.17) is 0 Å². The lowest BCUT2D eigenvalue weighted by molar-refractivity contribution is 0.204. The summed E-state index contributed by atoms with van der Waals surface area (Å²) in [6.45, 7) is 6.96. The van der Waals surface area contributed by atoms with Crippen molar-refractivity contribution in [2.75, 3.05) is 31.5 Å². The Bertz CT molecular complexity index is 544. The SMILES string of the molecule is C[C@@H](CNc1ncnc2[nH]ccc12)CN1CCCCC1. The average molecular weight is 273 g/mol. The second kappa shape index (κ2) is 6.22. The molecule has 0 unspecified atom stereocenters. The van der Waals surface area contributed by atoms with Crippen LogP contribution in [0.4, 0.5) is 5.82 Å². The van der Waals surface area contributed by atoms with Crippen molar-refractivity contribution in [1.82, 2.24) is 19.9 Å². The smallest absolute Gasteiger partial charge is 0.142 e. The number of fused-ring (bicyclic) bond motifs is 1. The van der Waals surface area contributed by atoms with Gasteiger partial charge in [-0.3, -0.25) is 0 Å². The largest absolute Gasteiger partial charge is 0.369 e. The maximum atomic E-state index is 4.34. The first kappa shape index (κ1) is 13.4. The maximum absolute atomic E-state index is 4.34. The van der Waals surface area contributed by atoms with Gasteiger partial charge in [0.2, 0.25) is 0 Å². The average Bonchev–Trinajstić information content (AvgIpc) is 2.95. The van der Waals surface area contributed by atoms with E-state index in [1.165, 1.54) is 38.9 Å². The Balaban J connectivity index is 1.54. The standard InChI is InChI=1S/C15H23N5/c1-12(10-20-7-3-2-4-8-20)9-17-15-13-5-6-16-14(13)18-11-19-15/h5-6,11-12H,2-4,7-10H2,1H3,(H2,16,17,18,19)/t12-/m0/s1. The Labute approximate surface area is 119 Å². The van der Waals surface area contributed by atoms with E-state index in [1.54, 1.807) is 6.33 Å². The summed E-state index contributed by atoms with van der Waals surface area (Å²) < 4.78 is 0. The van der Waals surface area contributed by atoms with Gasteiger partial charge in [0.15, 0.2) is 0 Å². The van der Waals surface area contributed by atoms with Gasteiger partial charge < -0.3 is 15.2 Å². The molecule has 108 valence electrons. The molecule has 5 nitrogen and oxygen atoms in total. The Kier molecular flexibility index (Phi) is 4.16. The summed E-state index contributed by atoms with van der Waals surface area (Å²) in [5, 5.41) is 4.53. The third kappa shape index (κ3) is 3.10. The molecule has 3 heterocycles. The highest BCUT2D eigenvalue weighted by Crippen LogP contribution is 2.18. The predicted octanol–water partition coefficient (Wildman–Crippen LogP) is 2.49. The number of H-pyrrole nitrogens is 1. The van der Waals surface area contributed by atoms with Gasteiger partial charge in [0.25, 0.3) is 0 Å². The van der Waals surface area contributed by atoms with Gasteiger partial charge in [0, 0.05) is 19.3 Å². The van der Waals surface area contributed by atoms with E-state index in [1.807, 2.05) is 12.3 Å². The van der Waals surface area contributed by atoms with Gasteiger partial charge in [-0.25, -0.2) is 9.97 Å². The van der Waals surface area contributed by atoms with Gasteiger partial charge in [-0.2, -0.15) is 0 Å². The Hall–Kier alpha value is -1.62. The van der Waals surface area contributed by atoms with Gasteiger partial charge in [-0.1, -0.05) is 13.3 Å². The number of rotatable bonds is 5. The fourth-order valence-electron chi connectivity index (χ4n) is 2.93. The number of nitrogens with one attached hydrogen (secondary N) is 2. The minimum Gasteiger partial charge on any atom is -0.369 e. The highest BCUT2D eigenvalue weighted by molar-refractivity contribution is 5.86. The minimum atomic E-state index is 0.622. The number of hydrogen-bond donors (Lipinski definition) is 2. The lowest BCUT2D eigenvalue weighted by Crippen LogP contribution is -2.35. The third-order valence-corrected chi connectivity index (χ3v) is 3.99. The van der Waals surface area contributed by atoms with E-state index < -0.39 is 0 Å². The summed E-state index contributed by atoms with van der Waals surface area (Å²) in [7, 11) is 0. The molecule has 0 aromatic carbocycles. The quantitative estimate of drug-likeness (QED) is 0.879. The van der Waals surface area contributed by atoms with Gasteiger partial charge in [-0.05, 0) is 37.9 Å². The summed E-state index contributed by atoms with van der Waals surface area (Å²) in [6, 6.07) is 2.02. The molecule has 0 saturated carbocycles. The zero-order valence-corrected chi connectivity index (χ0v) is 12.1. The third-order valence-electron chi connectivity index (χ3n) is 3.99. The van der Waals surface area contributed by atoms with Crippen LogP contribution in [0.3, 0.4) is 0 Å². The second-order valence-electron chi connectivity index (χ2n) is 5.81. The Morgan fingerprint density at radius 3 is 3.00 bits per heavy atom. The Morgan fingerprint density at radius 2 is 2.15 bits per heavy atom. The molecule has 0 amide bonds. The van der Waals surface area contributed by atoms with Gasteiger partial charge in [-0.15, -0.1) is 0 Å². The molecule has 20 heavy (non-hydrogen) atoms. The molecule has 1 aliphatic rings. The van der Waals surface area contributed by atoms with Crippen molar-refractivity contribution in [1.29, 1.82) is 0 Å². The Morgan fingerprint density at radius 1 is 1.30 bits per heavy atom. The predicted molar refractivity (Wildman–Crippen MR) is 81.8 cm³/mol. The van der Waals surface area contributed by atoms with Crippen LogP contribution in [0.1, 0.15) is 26.2 Å². The van der Waals surface area contributed by atoms with Gasteiger partial charge in [0.05, 0.1) is 5.39 Å². The fourth-order valence-corrected chi connectivity index (χ4v) is 2.93. The monoisotopic (exact) mass is 273 g/mol. The van der Waals surface area contributed by atoms with Crippen LogP contribution in [0.2, 0.25) is 0 Å². The lowest BCUT2D eigenvalue weighted by atomic mass is 10.1. The molecular weight excluding hydrogens is 250 g/mol. The first-order chi connectivity index (χ1) is 9.83. The van der Waals surface area contributed by atoms with Crippen LogP contribution in [0.5, 0.6) is 0 Å². The zero-order chi connectivity index (χ0) is 13.8. The number of hydrogen-bond acceptors (Lipinski definition) is 4. The lowest BCUT2D eigenvalue weighted by Gasteiger charge is -2.29. The highest BCUT2D eigenvalue weighted by Gasteiger charge is 2.13. The molecule has 1 atom stereocenters. The van der Waals surface area contributed by atoms with E-state index >= 15 is 0 Å². The molecule has 3 rings (SSSR count). The number of likely N-dealkylation sites (tertiary alicyclic amines) is 1. The topological polar surface area (TPSA) is 56.8 Å². The van der Waals surface area contributed by atoms with E-state index in [0.29, 0.717) is 5.92 Å². The first-order valence-electron chi connectivity index (χ1n) is 7.57. The van der Waals surface area contributed by atoms with Crippen LogP contribution >= 0.6 is 0 Å². The summed E-state index contributed by atoms with van der Waals surface area (Å²) in [5.41, 5.74) is 0.895. The second-order valence-corrected chi connectivity index (χ2v) is 5.81. The number of anilines is 1. The number of aromatic amines is 1. The molecular formula is C15H23N5. The van der Waals surface area contributed by atoms with E-state index in [-0.39, 0.29) is 0 Å². The summed E-state index contributed by atoms with van der Waals surface area (Å²) >= 11 is 0. The van der Waals surface area contributed by atoms with E-state index in [9.17, 15) is 0 Å². The van der Waals surface area contributed by atoms with Crippen molar-refractivity contribution < 1.29 is 0 Å². The molecule has 0 spiro atoms. The van der Waals surface area contributed by atoms with Crippen LogP contribution < -0.4 is 5.32 Å². The molecule has 1 fully saturated rings. The summed E-state index contributed by atoms with van der Waals surface area (Å²) in [4.78, 5) is 14.2. The molecule has 0 radical (unpaired) electrons. The van der Waals surface area contributed by atoms with Crippen molar-refractivity contribution >= 4 is 16.9 Å². The number of nitrogens with zero attached hydrogens (tertiary/aromatic N) is 3. The van der Waals surface area contributed by atoms with Gasteiger partial charge >= 0.3 is 0 Å². The van der Waals surface area contributed by atoms with Crippen LogP contribution in [0.25, 0.3) is 11.0 Å². The van der Waals surface area contributed by atoms with Crippen molar-refractivity contribution in [3.8, 4) is 0 Å². The van der Waals surface area contributed by atoms with Crippen LogP contribution in [-0.2, 0) is 0 Å². The van der Waals surface area contributed by atoms with E-state index in [0.717, 1.165) is 23.4 Å². The van der Waals surface area contributed by atoms with Crippen molar-refractivity contribution in [3.63, 3.8) is 0 Å². The van der Waals surface area contributed by atoms with E-state index in [2.05, 4.69) is 32.1 Å². The summed E-state index contributed by atoms with van der Waals surface area (Å²) in [6.07, 6.45) is 7.62. The number of aromatic nitrogens is 3. The molecule has 0 bridgehead atoms. The van der Waals surface area contributed by atoms with Crippen molar-refractivity contribution in [3.05, 3.63) is 18.6 Å². The van der Waals surface area contributed by atoms with Crippen LogP contribution in [0, 0.1) is 5.92 Å². The molecule has 1 saturated heterocycles. The van der Waals surface area contributed by atoms with Crippen LogP contribution in [0.15, 0.2) is 18.6 Å². The summed E-state index contributed by atoms with van der Waals surface area (Å²) in [5.74, 6) is 1.55. The molecule has 2 aromatic heterocycles. The molecule has 0 aliphatic carbocycles. The number of piperidine rings is 1. The van der Waals surface area contributed by atoms with Crippen molar-refractivity contribution in [2.24, 2.45) is 5.92 Å². The van der Waals surface area contributed by atoms with Crippen LogP contribution in [-0.4, -0.2) is 46.0 Å².